The highest BCUT2D eigenvalue weighted by Gasteiger charge is 2.40. The first kappa shape index (κ1) is 15.2. The molecule has 1 aliphatic rings. The monoisotopic (exact) mass is 315 g/mol. The zero-order valence-corrected chi connectivity index (χ0v) is 11.8. The third-order valence-corrected chi connectivity index (χ3v) is 4.93. The lowest BCUT2D eigenvalue weighted by molar-refractivity contribution is -0.137. The number of rotatable bonds is 4. The predicted octanol–water partition coefficient (Wildman–Crippen LogP) is -0.861. The number of H-pyrrole nitrogens is 1. The molecule has 114 valence electrons. The van der Waals surface area contributed by atoms with Crippen molar-refractivity contribution in [3.05, 3.63) is 18.0 Å². The van der Waals surface area contributed by atoms with Crippen molar-refractivity contribution in [2.75, 3.05) is 6.54 Å². The third kappa shape index (κ3) is 2.67. The Labute approximate surface area is 120 Å². The zero-order valence-electron chi connectivity index (χ0n) is 11.0. The van der Waals surface area contributed by atoms with Crippen LogP contribution < -0.4 is 5.32 Å². The topological polar surface area (TPSA) is 137 Å². The van der Waals surface area contributed by atoms with Gasteiger partial charge in [0, 0.05) is 6.20 Å². The maximum absolute atomic E-state index is 12.5. The number of aromatic nitrogens is 1. The Morgan fingerprint density at radius 2 is 2.14 bits per heavy atom. The molecular formula is C11H13N3O6S. The fourth-order valence-electron chi connectivity index (χ4n) is 2.07. The van der Waals surface area contributed by atoms with Gasteiger partial charge >= 0.3 is 5.97 Å². The van der Waals surface area contributed by atoms with Crippen molar-refractivity contribution in [3.8, 4) is 0 Å². The fourth-order valence-corrected chi connectivity index (χ4v) is 3.68. The number of carboxylic acids is 1. The van der Waals surface area contributed by atoms with Crippen LogP contribution in [0, 0.1) is 0 Å². The summed E-state index contributed by atoms with van der Waals surface area (Å²) in [6.07, 6.45) is 1.21. The highest BCUT2D eigenvalue weighted by atomic mass is 32.2. The van der Waals surface area contributed by atoms with Gasteiger partial charge in [0.1, 0.15) is 16.6 Å². The molecule has 0 spiro atoms. The number of aromatic carboxylic acids is 1. The Balaban J connectivity index is 2.42. The summed E-state index contributed by atoms with van der Waals surface area (Å²) in [6, 6.07) is -0.0580. The van der Waals surface area contributed by atoms with Crippen LogP contribution in [0.15, 0.2) is 17.2 Å². The largest absolute Gasteiger partial charge is 0.477 e. The molecule has 1 aromatic rings. The number of nitrogens with one attached hydrogen (secondary N) is 2. The molecule has 1 aliphatic heterocycles. The van der Waals surface area contributed by atoms with Crippen LogP contribution in [0.5, 0.6) is 0 Å². The SMILES string of the molecule is CCC1C(=O)NC(=O)CN1S(=O)(=O)c1c[nH]c(C(=O)O)c1. The second-order valence-corrected chi connectivity index (χ2v) is 6.33. The Kier molecular flexibility index (Phi) is 3.83. The number of nitrogens with zero attached hydrogens (tertiary/aromatic N) is 1. The number of hydrogen-bond acceptors (Lipinski definition) is 5. The van der Waals surface area contributed by atoms with Crippen molar-refractivity contribution >= 4 is 27.8 Å². The van der Waals surface area contributed by atoms with Crippen molar-refractivity contribution in [2.24, 2.45) is 0 Å². The molecule has 0 bridgehead atoms. The molecule has 0 aromatic carbocycles. The van der Waals surface area contributed by atoms with Crippen molar-refractivity contribution in [1.82, 2.24) is 14.6 Å². The number of amides is 2. The van der Waals surface area contributed by atoms with E-state index in [9.17, 15) is 22.8 Å². The lowest BCUT2D eigenvalue weighted by atomic mass is 10.2. The molecule has 2 amide bonds. The maximum atomic E-state index is 12.5. The van der Waals surface area contributed by atoms with E-state index < -0.39 is 40.4 Å². The minimum atomic E-state index is -4.14. The van der Waals surface area contributed by atoms with E-state index in [1.807, 2.05) is 0 Å². The highest BCUT2D eigenvalue weighted by Crippen LogP contribution is 2.22. The molecule has 1 fully saturated rings. The Morgan fingerprint density at radius 3 is 2.67 bits per heavy atom. The average molecular weight is 315 g/mol. The van der Waals surface area contributed by atoms with Crippen LogP contribution in [-0.2, 0) is 19.6 Å². The Hall–Kier alpha value is -2.20. The van der Waals surface area contributed by atoms with Crippen LogP contribution in [0.1, 0.15) is 23.8 Å². The maximum Gasteiger partial charge on any atom is 0.352 e. The zero-order chi connectivity index (χ0) is 15.8. The number of aromatic amines is 1. The minimum Gasteiger partial charge on any atom is -0.477 e. The summed E-state index contributed by atoms with van der Waals surface area (Å²) in [5.74, 6) is -2.72. The van der Waals surface area contributed by atoms with E-state index in [2.05, 4.69) is 10.3 Å². The number of imide groups is 1. The standard InChI is InChI=1S/C11H13N3O6S/c1-2-8-10(16)13-9(15)5-14(8)21(19,20)6-3-7(11(17)18)12-4-6/h3-4,8,12H,2,5H2,1H3,(H,17,18)(H,13,15,16). The Morgan fingerprint density at radius 1 is 1.48 bits per heavy atom. The van der Waals surface area contributed by atoms with Gasteiger partial charge in [-0.25, -0.2) is 13.2 Å². The highest BCUT2D eigenvalue weighted by molar-refractivity contribution is 7.89. The first-order valence-corrected chi connectivity index (χ1v) is 7.48. The summed E-state index contributed by atoms with van der Waals surface area (Å²) < 4.78 is 25.7. The molecule has 0 radical (unpaired) electrons. The third-order valence-electron chi connectivity index (χ3n) is 3.09. The lowest BCUT2D eigenvalue weighted by Gasteiger charge is -2.31. The smallest absolute Gasteiger partial charge is 0.352 e. The molecule has 10 heteroatoms. The summed E-state index contributed by atoms with van der Waals surface area (Å²) in [5, 5.41) is 10.9. The van der Waals surface area contributed by atoms with Gasteiger partial charge in [0.2, 0.25) is 21.8 Å². The quantitative estimate of drug-likeness (QED) is 0.618. The van der Waals surface area contributed by atoms with Gasteiger partial charge in [-0.1, -0.05) is 6.92 Å². The van der Waals surface area contributed by atoms with Gasteiger partial charge in [0.25, 0.3) is 0 Å². The molecule has 2 rings (SSSR count). The van der Waals surface area contributed by atoms with Gasteiger partial charge in [-0.3, -0.25) is 14.9 Å². The van der Waals surface area contributed by atoms with E-state index in [4.69, 9.17) is 5.11 Å². The van der Waals surface area contributed by atoms with Gasteiger partial charge < -0.3 is 10.1 Å². The molecule has 1 atom stereocenters. The summed E-state index contributed by atoms with van der Waals surface area (Å²) in [7, 11) is -4.14. The molecule has 1 unspecified atom stereocenters. The summed E-state index contributed by atoms with van der Waals surface area (Å²) >= 11 is 0. The van der Waals surface area contributed by atoms with Crippen LogP contribution in [0.2, 0.25) is 0 Å². The fraction of sp³-hybridized carbons (Fsp3) is 0.364. The normalized spacial score (nSPS) is 20.3. The number of hydrogen-bond donors (Lipinski definition) is 3. The van der Waals surface area contributed by atoms with Crippen molar-refractivity contribution in [3.63, 3.8) is 0 Å². The number of sulfonamides is 1. The summed E-state index contributed by atoms with van der Waals surface area (Å²) in [5.41, 5.74) is -0.297. The van der Waals surface area contributed by atoms with Gasteiger partial charge in [0.15, 0.2) is 0 Å². The van der Waals surface area contributed by atoms with E-state index in [-0.39, 0.29) is 17.0 Å². The van der Waals surface area contributed by atoms with E-state index in [0.29, 0.717) is 0 Å². The summed E-state index contributed by atoms with van der Waals surface area (Å²) in [6.45, 7) is 1.13. The molecule has 2 heterocycles. The van der Waals surface area contributed by atoms with Crippen molar-refractivity contribution in [2.45, 2.75) is 24.3 Å². The van der Waals surface area contributed by atoms with Gasteiger partial charge in [-0.05, 0) is 12.5 Å². The molecule has 9 nitrogen and oxygen atoms in total. The molecular weight excluding hydrogens is 302 g/mol. The second kappa shape index (κ2) is 5.30. The number of piperazine rings is 1. The van der Waals surface area contributed by atoms with E-state index >= 15 is 0 Å². The van der Waals surface area contributed by atoms with Gasteiger partial charge in [0.05, 0.1) is 6.54 Å². The molecule has 1 aromatic heterocycles. The number of carboxylic acid groups (broad SMARTS) is 1. The van der Waals surface area contributed by atoms with E-state index in [0.717, 1.165) is 16.6 Å². The first-order chi connectivity index (χ1) is 9.77. The minimum absolute atomic E-state index is 0.189. The first-order valence-electron chi connectivity index (χ1n) is 6.04. The Bertz CT molecular complexity index is 707. The molecule has 3 N–H and O–H groups in total. The molecule has 21 heavy (non-hydrogen) atoms. The van der Waals surface area contributed by atoms with Crippen LogP contribution in [-0.4, -0.2) is 53.2 Å². The van der Waals surface area contributed by atoms with Crippen LogP contribution >= 0.6 is 0 Å². The second-order valence-electron chi connectivity index (χ2n) is 4.44. The lowest BCUT2D eigenvalue weighted by Crippen LogP contribution is -2.59. The van der Waals surface area contributed by atoms with Gasteiger partial charge in [-0.15, -0.1) is 0 Å². The van der Waals surface area contributed by atoms with E-state index in [1.165, 1.54) is 0 Å². The number of carbonyl (C=O) groups excluding carboxylic acids is 2. The van der Waals surface area contributed by atoms with Crippen molar-refractivity contribution in [1.29, 1.82) is 0 Å². The number of carbonyl (C=O) groups is 3. The molecule has 0 saturated carbocycles. The van der Waals surface area contributed by atoms with Crippen LogP contribution in [0.3, 0.4) is 0 Å². The summed E-state index contributed by atoms with van der Waals surface area (Å²) in [4.78, 5) is 35.9. The van der Waals surface area contributed by atoms with Gasteiger partial charge in [-0.2, -0.15) is 4.31 Å². The molecule has 0 aliphatic carbocycles. The average Bonchev–Trinajstić information content (AvgIpc) is 2.88. The van der Waals surface area contributed by atoms with Crippen LogP contribution in [0.25, 0.3) is 0 Å². The van der Waals surface area contributed by atoms with Crippen molar-refractivity contribution < 1.29 is 27.9 Å². The molecule has 1 saturated heterocycles. The van der Waals surface area contributed by atoms with E-state index in [1.54, 1.807) is 6.92 Å². The predicted molar refractivity (Wildman–Crippen MR) is 68.9 cm³/mol. The van der Waals surface area contributed by atoms with Crippen LogP contribution in [0.4, 0.5) is 0 Å².